The predicted octanol–water partition coefficient (Wildman–Crippen LogP) is 1.73. The number of hydrogen-bond acceptors (Lipinski definition) is 4. The summed E-state index contributed by atoms with van der Waals surface area (Å²) in [5.41, 5.74) is 0. The van der Waals surface area contributed by atoms with Gasteiger partial charge in [0.15, 0.2) is 0 Å². The molecule has 1 aliphatic heterocycles. The molecule has 0 aromatic heterocycles. The van der Waals surface area contributed by atoms with Crippen molar-refractivity contribution in [1.29, 1.82) is 0 Å². The fourth-order valence-corrected chi connectivity index (χ4v) is 2.41. The van der Waals surface area contributed by atoms with E-state index in [2.05, 4.69) is 4.90 Å². The summed E-state index contributed by atoms with van der Waals surface area (Å²) < 4.78 is 4.85. The van der Waals surface area contributed by atoms with E-state index in [0.29, 0.717) is 12.4 Å². The Labute approximate surface area is 90.2 Å². The van der Waals surface area contributed by atoms with Crippen molar-refractivity contribution in [3.8, 4) is 0 Å². The van der Waals surface area contributed by atoms with Crippen LogP contribution in [0.1, 0.15) is 26.2 Å². The molecule has 0 amide bonds. The normalized spacial score (nSPS) is 18.1. The first-order valence-corrected chi connectivity index (χ1v) is 6.44. The number of carbonyl (C=O) groups is 1. The van der Waals surface area contributed by atoms with Gasteiger partial charge in [-0.05, 0) is 32.9 Å². The summed E-state index contributed by atoms with van der Waals surface area (Å²) in [6, 6.07) is 0. The van der Waals surface area contributed by atoms with Gasteiger partial charge < -0.3 is 4.74 Å². The molecule has 0 saturated carbocycles. The van der Waals surface area contributed by atoms with E-state index in [4.69, 9.17) is 4.74 Å². The molecule has 3 nitrogen and oxygen atoms in total. The third-order valence-electron chi connectivity index (χ3n) is 2.25. The lowest BCUT2D eigenvalue weighted by atomic mass is 10.1. The zero-order valence-corrected chi connectivity index (χ0v) is 9.65. The van der Waals surface area contributed by atoms with Crippen LogP contribution < -0.4 is 0 Å². The summed E-state index contributed by atoms with van der Waals surface area (Å²) in [5, 5.41) is 0. The van der Waals surface area contributed by atoms with Gasteiger partial charge in [-0.3, -0.25) is 9.69 Å². The quantitative estimate of drug-likeness (QED) is 0.656. The third-order valence-corrected chi connectivity index (χ3v) is 3.24. The van der Waals surface area contributed by atoms with Crippen LogP contribution in [0.2, 0.25) is 0 Å². The number of nitrogens with zero attached hydrogens (tertiary/aromatic N) is 1. The molecule has 4 heteroatoms. The maximum absolute atomic E-state index is 11.0. The highest BCUT2D eigenvalue weighted by molar-refractivity contribution is 7.99. The minimum Gasteiger partial charge on any atom is -0.465 e. The molecule has 1 aliphatic rings. The van der Waals surface area contributed by atoms with Crippen LogP contribution >= 0.6 is 11.8 Å². The molecule has 0 aliphatic carbocycles. The molecule has 0 unspecified atom stereocenters. The second-order valence-corrected chi connectivity index (χ2v) is 4.42. The Balaban J connectivity index is 1.99. The average Bonchev–Trinajstić information content (AvgIpc) is 2.20. The zero-order chi connectivity index (χ0) is 10.2. The maximum Gasteiger partial charge on any atom is 0.315 e. The van der Waals surface area contributed by atoms with Crippen LogP contribution in [-0.4, -0.2) is 42.2 Å². The Kier molecular flexibility index (Phi) is 6.03. The van der Waals surface area contributed by atoms with E-state index in [1.165, 1.54) is 32.4 Å². The second kappa shape index (κ2) is 7.12. The van der Waals surface area contributed by atoms with Gasteiger partial charge in [-0.2, -0.15) is 0 Å². The predicted molar refractivity (Wildman–Crippen MR) is 59.4 cm³/mol. The number of esters is 1. The zero-order valence-electron chi connectivity index (χ0n) is 8.83. The second-order valence-electron chi connectivity index (χ2n) is 3.46. The first-order chi connectivity index (χ1) is 6.83. The molecule has 1 rings (SSSR count). The van der Waals surface area contributed by atoms with Gasteiger partial charge >= 0.3 is 5.97 Å². The van der Waals surface area contributed by atoms with E-state index in [1.807, 2.05) is 6.92 Å². The van der Waals surface area contributed by atoms with Gasteiger partial charge in [0.1, 0.15) is 0 Å². The van der Waals surface area contributed by atoms with Gasteiger partial charge in [0.25, 0.3) is 0 Å². The Morgan fingerprint density at radius 1 is 1.36 bits per heavy atom. The molecule has 1 saturated heterocycles. The fraction of sp³-hybridized carbons (Fsp3) is 0.900. The first-order valence-electron chi connectivity index (χ1n) is 5.28. The van der Waals surface area contributed by atoms with Gasteiger partial charge in [0, 0.05) is 5.88 Å². The third kappa shape index (κ3) is 4.86. The van der Waals surface area contributed by atoms with Crippen LogP contribution in [0.25, 0.3) is 0 Å². The number of likely N-dealkylation sites (tertiary alicyclic amines) is 1. The summed E-state index contributed by atoms with van der Waals surface area (Å²) in [6.07, 6.45) is 3.97. The molecular formula is C10H19NO2S. The number of rotatable bonds is 5. The average molecular weight is 217 g/mol. The molecule has 0 atom stereocenters. The highest BCUT2D eigenvalue weighted by atomic mass is 32.2. The Morgan fingerprint density at radius 3 is 2.71 bits per heavy atom. The van der Waals surface area contributed by atoms with Crippen molar-refractivity contribution in [3.05, 3.63) is 0 Å². The highest BCUT2D eigenvalue weighted by Gasteiger charge is 2.10. The largest absolute Gasteiger partial charge is 0.465 e. The smallest absolute Gasteiger partial charge is 0.315 e. The van der Waals surface area contributed by atoms with Gasteiger partial charge in [0.05, 0.1) is 12.4 Å². The van der Waals surface area contributed by atoms with Crippen molar-refractivity contribution in [2.24, 2.45) is 0 Å². The minimum atomic E-state index is -0.0884. The molecule has 0 radical (unpaired) electrons. The summed E-state index contributed by atoms with van der Waals surface area (Å²) >= 11 is 1.66. The molecule has 1 heterocycles. The van der Waals surface area contributed by atoms with Crippen LogP contribution in [0.3, 0.4) is 0 Å². The standard InChI is InChI=1S/C10H19NO2S/c1-2-13-10(12)8-14-9-11-6-4-3-5-7-11/h2-9H2,1H3. The number of ether oxygens (including phenoxy) is 1. The Morgan fingerprint density at radius 2 is 2.07 bits per heavy atom. The Bertz CT molecular complexity index is 170. The summed E-state index contributed by atoms with van der Waals surface area (Å²) in [7, 11) is 0. The molecule has 1 fully saturated rings. The van der Waals surface area contributed by atoms with Gasteiger partial charge in [-0.15, -0.1) is 11.8 Å². The lowest BCUT2D eigenvalue weighted by Gasteiger charge is -2.25. The van der Waals surface area contributed by atoms with Crippen LogP contribution in [0.5, 0.6) is 0 Å². The molecular weight excluding hydrogens is 198 g/mol. The van der Waals surface area contributed by atoms with E-state index in [-0.39, 0.29) is 5.97 Å². The van der Waals surface area contributed by atoms with E-state index in [1.54, 1.807) is 11.8 Å². The lowest BCUT2D eigenvalue weighted by molar-refractivity contribution is -0.139. The van der Waals surface area contributed by atoms with Crippen molar-refractivity contribution >= 4 is 17.7 Å². The number of piperidine rings is 1. The van der Waals surface area contributed by atoms with Crippen LogP contribution in [0.4, 0.5) is 0 Å². The molecule has 82 valence electrons. The highest BCUT2D eigenvalue weighted by Crippen LogP contribution is 2.12. The molecule has 0 N–H and O–H groups in total. The SMILES string of the molecule is CCOC(=O)CSCN1CCCCC1. The number of thioether (sulfide) groups is 1. The number of hydrogen-bond donors (Lipinski definition) is 0. The van der Waals surface area contributed by atoms with Crippen LogP contribution in [0, 0.1) is 0 Å². The molecule has 0 aromatic carbocycles. The molecule has 0 bridgehead atoms. The molecule has 14 heavy (non-hydrogen) atoms. The van der Waals surface area contributed by atoms with Gasteiger partial charge in [-0.25, -0.2) is 0 Å². The van der Waals surface area contributed by atoms with E-state index in [0.717, 1.165) is 5.88 Å². The maximum atomic E-state index is 11.0. The minimum absolute atomic E-state index is 0.0884. The topological polar surface area (TPSA) is 29.5 Å². The first kappa shape index (κ1) is 11.9. The van der Waals surface area contributed by atoms with E-state index >= 15 is 0 Å². The number of carbonyl (C=O) groups excluding carboxylic acids is 1. The van der Waals surface area contributed by atoms with Crippen molar-refractivity contribution in [2.75, 3.05) is 31.3 Å². The van der Waals surface area contributed by atoms with Crippen molar-refractivity contribution in [2.45, 2.75) is 26.2 Å². The van der Waals surface area contributed by atoms with Crippen molar-refractivity contribution in [1.82, 2.24) is 4.90 Å². The Hall–Kier alpha value is -0.220. The molecule has 0 aromatic rings. The summed E-state index contributed by atoms with van der Waals surface area (Å²) in [5.74, 6) is 1.37. The van der Waals surface area contributed by atoms with Gasteiger partial charge in [0.2, 0.25) is 0 Å². The summed E-state index contributed by atoms with van der Waals surface area (Å²) in [6.45, 7) is 4.71. The van der Waals surface area contributed by atoms with Crippen LogP contribution in [0.15, 0.2) is 0 Å². The lowest BCUT2D eigenvalue weighted by Crippen LogP contribution is -2.29. The summed E-state index contributed by atoms with van der Waals surface area (Å²) in [4.78, 5) is 13.4. The molecule has 0 spiro atoms. The van der Waals surface area contributed by atoms with Gasteiger partial charge in [-0.1, -0.05) is 6.42 Å². The fourth-order valence-electron chi connectivity index (χ4n) is 1.55. The van der Waals surface area contributed by atoms with E-state index < -0.39 is 0 Å². The van der Waals surface area contributed by atoms with E-state index in [9.17, 15) is 4.79 Å². The monoisotopic (exact) mass is 217 g/mol. The van der Waals surface area contributed by atoms with Crippen molar-refractivity contribution < 1.29 is 9.53 Å². The van der Waals surface area contributed by atoms with Crippen LogP contribution in [-0.2, 0) is 9.53 Å². The van der Waals surface area contributed by atoms with Crippen molar-refractivity contribution in [3.63, 3.8) is 0 Å².